The van der Waals surface area contributed by atoms with E-state index >= 15 is 0 Å². The largest absolute Gasteiger partial charge is 0.389 e. The number of rotatable bonds is 6. The molecule has 0 aliphatic heterocycles. The fourth-order valence-electron chi connectivity index (χ4n) is 1.82. The maximum atomic E-state index is 12.2. The molecule has 0 rings (SSSR count). The van der Waals surface area contributed by atoms with Crippen molar-refractivity contribution < 1.29 is 13.2 Å². The predicted octanol–water partition coefficient (Wildman–Crippen LogP) is 4.79. The topological polar surface area (TPSA) is 0 Å². The van der Waals surface area contributed by atoms with Gasteiger partial charge < -0.3 is 0 Å². The van der Waals surface area contributed by atoms with Crippen LogP contribution in [0.3, 0.4) is 0 Å². The molecule has 14 heavy (non-hydrogen) atoms. The summed E-state index contributed by atoms with van der Waals surface area (Å²) in [4.78, 5) is 0. The Hall–Kier alpha value is -0.210. The number of halogens is 3. The van der Waals surface area contributed by atoms with E-state index in [9.17, 15) is 13.2 Å². The molecule has 0 saturated heterocycles. The summed E-state index contributed by atoms with van der Waals surface area (Å²) in [7, 11) is 0. The molecule has 0 aromatic heterocycles. The lowest BCUT2D eigenvalue weighted by Crippen LogP contribution is -2.17. The monoisotopic (exact) mass is 210 g/mol. The zero-order chi connectivity index (χ0) is 11.2. The zero-order valence-corrected chi connectivity index (χ0v) is 9.32. The Morgan fingerprint density at radius 3 is 1.57 bits per heavy atom. The van der Waals surface area contributed by atoms with Gasteiger partial charge in [0.25, 0.3) is 0 Å². The van der Waals surface area contributed by atoms with Gasteiger partial charge in [-0.15, -0.1) is 0 Å². The van der Waals surface area contributed by atoms with Crippen LogP contribution in [-0.2, 0) is 0 Å². The molecule has 0 radical (unpaired) electrons. The predicted molar refractivity (Wildman–Crippen MR) is 53.1 cm³/mol. The molecular weight excluding hydrogens is 189 g/mol. The molecule has 3 heteroatoms. The van der Waals surface area contributed by atoms with Gasteiger partial charge in [-0.3, -0.25) is 0 Å². The first-order valence-corrected chi connectivity index (χ1v) is 5.49. The summed E-state index contributed by atoms with van der Waals surface area (Å²) >= 11 is 0. The summed E-state index contributed by atoms with van der Waals surface area (Å²) in [6, 6.07) is 0. The summed E-state index contributed by atoms with van der Waals surface area (Å²) in [6.45, 7) is 5.95. The van der Waals surface area contributed by atoms with Gasteiger partial charge in [0.15, 0.2) is 0 Å². The van der Waals surface area contributed by atoms with Crippen molar-refractivity contribution in [2.24, 2.45) is 11.8 Å². The SMILES string of the molecule is CCC(CC)CC(CC)CC(F)(F)F. The lowest BCUT2D eigenvalue weighted by Gasteiger charge is -2.21. The molecule has 0 amide bonds. The normalized spacial score (nSPS) is 14.8. The van der Waals surface area contributed by atoms with Crippen LogP contribution < -0.4 is 0 Å². The molecule has 0 aromatic rings. The van der Waals surface area contributed by atoms with Crippen molar-refractivity contribution in [1.82, 2.24) is 0 Å². The van der Waals surface area contributed by atoms with Crippen molar-refractivity contribution in [2.75, 3.05) is 0 Å². The summed E-state index contributed by atoms with van der Waals surface area (Å²) < 4.78 is 36.5. The lowest BCUT2D eigenvalue weighted by molar-refractivity contribution is -0.146. The summed E-state index contributed by atoms with van der Waals surface area (Å²) in [6.07, 6.45) is -1.26. The first-order valence-electron chi connectivity index (χ1n) is 5.49. The van der Waals surface area contributed by atoms with Crippen molar-refractivity contribution >= 4 is 0 Å². The lowest BCUT2D eigenvalue weighted by atomic mass is 9.87. The van der Waals surface area contributed by atoms with Gasteiger partial charge in [0.05, 0.1) is 0 Å². The first kappa shape index (κ1) is 13.8. The van der Waals surface area contributed by atoms with Gasteiger partial charge in [-0.1, -0.05) is 40.0 Å². The minimum atomic E-state index is -3.99. The quantitative estimate of drug-likeness (QED) is 0.591. The Labute approximate surface area is 84.9 Å². The van der Waals surface area contributed by atoms with E-state index in [1.807, 2.05) is 6.92 Å². The summed E-state index contributed by atoms with van der Waals surface area (Å²) in [5.41, 5.74) is 0. The highest BCUT2D eigenvalue weighted by molar-refractivity contribution is 4.67. The third-order valence-electron chi connectivity index (χ3n) is 2.92. The molecule has 0 saturated carbocycles. The van der Waals surface area contributed by atoms with Crippen molar-refractivity contribution in [1.29, 1.82) is 0 Å². The molecule has 0 bridgehead atoms. The van der Waals surface area contributed by atoms with E-state index < -0.39 is 12.6 Å². The van der Waals surface area contributed by atoms with Gasteiger partial charge in [-0.05, 0) is 18.3 Å². The van der Waals surface area contributed by atoms with Crippen molar-refractivity contribution in [3.63, 3.8) is 0 Å². The smallest absolute Gasteiger partial charge is 0.171 e. The molecule has 0 spiro atoms. The van der Waals surface area contributed by atoms with E-state index in [0.717, 1.165) is 19.3 Å². The second-order valence-electron chi connectivity index (χ2n) is 4.01. The van der Waals surface area contributed by atoms with Gasteiger partial charge in [0.1, 0.15) is 0 Å². The van der Waals surface area contributed by atoms with Crippen molar-refractivity contribution in [3.8, 4) is 0 Å². The molecular formula is C11H21F3. The molecule has 1 atom stereocenters. The van der Waals surface area contributed by atoms with Gasteiger partial charge in [0.2, 0.25) is 0 Å². The molecule has 0 heterocycles. The van der Waals surface area contributed by atoms with Gasteiger partial charge in [-0.2, -0.15) is 13.2 Å². The third-order valence-corrected chi connectivity index (χ3v) is 2.92. The molecule has 0 fully saturated rings. The zero-order valence-electron chi connectivity index (χ0n) is 9.32. The van der Waals surface area contributed by atoms with Crippen LogP contribution >= 0.6 is 0 Å². The molecule has 86 valence electrons. The molecule has 1 unspecified atom stereocenters. The van der Waals surface area contributed by atoms with Crippen LogP contribution in [0.4, 0.5) is 13.2 Å². The second kappa shape index (κ2) is 6.31. The highest BCUT2D eigenvalue weighted by Crippen LogP contribution is 2.31. The molecule has 0 N–H and O–H groups in total. The minimum Gasteiger partial charge on any atom is -0.171 e. The van der Waals surface area contributed by atoms with E-state index in [1.54, 1.807) is 0 Å². The molecule has 0 aliphatic carbocycles. The van der Waals surface area contributed by atoms with Crippen LogP contribution in [0.15, 0.2) is 0 Å². The second-order valence-corrected chi connectivity index (χ2v) is 4.01. The summed E-state index contributed by atoms with van der Waals surface area (Å²) in [5.74, 6) is 0.280. The Morgan fingerprint density at radius 2 is 1.29 bits per heavy atom. The van der Waals surface area contributed by atoms with E-state index in [1.165, 1.54) is 0 Å². The molecule has 0 aliphatic rings. The Morgan fingerprint density at radius 1 is 0.857 bits per heavy atom. The van der Waals surface area contributed by atoms with Crippen LogP contribution in [0.2, 0.25) is 0 Å². The Bertz CT molecular complexity index is 136. The fourth-order valence-corrected chi connectivity index (χ4v) is 1.82. The average Bonchev–Trinajstić information content (AvgIpc) is 2.10. The molecule has 0 aromatic carbocycles. The minimum absolute atomic E-state index is 0.181. The maximum Gasteiger partial charge on any atom is 0.389 e. The summed E-state index contributed by atoms with van der Waals surface area (Å²) in [5, 5.41) is 0. The van der Waals surface area contributed by atoms with E-state index in [2.05, 4.69) is 13.8 Å². The van der Waals surface area contributed by atoms with Crippen LogP contribution in [-0.4, -0.2) is 6.18 Å². The standard InChI is InChI=1S/C11H21F3/c1-4-9(5-2)7-10(6-3)8-11(12,13)14/h9-10H,4-8H2,1-3H3. The van der Waals surface area contributed by atoms with Crippen LogP contribution in [0.5, 0.6) is 0 Å². The number of alkyl halides is 3. The van der Waals surface area contributed by atoms with E-state index in [-0.39, 0.29) is 5.92 Å². The van der Waals surface area contributed by atoms with Crippen molar-refractivity contribution in [2.45, 2.75) is 59.1 Å². The number of hydrogen-bond acceptors (Lipinski definition) is 0. The van der Waals surface area contributed by atoms with Crippen LogP contribution in [0.25, 0.3) is 0 Å². The third kappa shape index (κ3) is 6.28. The molecule has 0 nitrogen and oxygen atoms in total. The Kier molecular flexibility index (Phi) is 6.21. The highest BCUT2D eigenvalue weighted by atomic mass is 19.4. The number of hydrogen-bond donors (Lipinski definition) is 0. The van der Waals surface area contributed by atoms with Gasteiger partial charge in [0, 0.05) is 6.42 Å². The van der Waals surface area contributed by atoms with Gasteiger partial charge >= 0.3 is 6.18 Å². The van der Waals surface area contributed by atoms with Crippen molar-refractivity contribution in [3.05, 3.63) is 0 Å². The highest BCUT2D eigenvalue weighted by Gasteiger charge is 2.31. The average molecular weight is 210 g/mol. The van der Waals surface area contributed by atoms with Crippen LogP contribution in [0, 0.1) is 11.8 Å². The maximum absolute atomic E-state index is 12.2. The van der Waals surface area contributed by atoms with E-state index in [0.29, 0.717) is 12.3 Å². The fraction of sp³-hybridized carbons (Fsp3) is 1.00. The van der Waals surface area contributed by atoms with Gasteiger partial charge in [-0.25, -0.2) is 0 Å². The Balaban J connectivity index is 4.01. The van der Waals surface area contributed by atoms with Crippen LogP contribution in [0.1, 0.15) is 52.9 Å². The first-order chi connectivity index (χ1) is 6.42. The van der Waals surface area contributed by atoms with E-state index in [4.69, 9.17) is 0 Å².